The van der Waals surface area contributed by atoms with E-state index in [1.807, 2.05) is 80.6 Å². The summed E-state index contributed by atoms with van der Waals surface area (Å²) in [6.45, 7) is 6.13. The Bertz CT molecular complexity index is 939. The molecule has 0 aromatic heterocycles. The van der Waals surface area contributed by atoms with Gasteiger partial charge in [-0.1, -0.05) is 66.2 Å². The summed E-state index contributed by atoms with van der Waals surface area (Å²) in [6, 6.07) is 23.5. The molecule has 3 aromatic rings. The van der Waals surface area contributed by atoms with Crippen LogP contribution in [0.2, 0.25) is 5.02 Å². The summed E-state index contributed by atoms with van der Waals surface area (Å²) in [5.41, 5.74) is 5.14. The molecule has 0 radical (unpaired) electrons. The molecule has 0 heterocycles. The smallest absolute Gasteiger partial charge is 0.287 e. The van der Waals surface area contributed by atoms with Crippen molar-refractivity contribution in [3.63, 3.8) is 0 Å². The normalized spacial score (nSPS) is 13.0. The molecular formula is C24H26ClN2O+. The molecule has 3 rings (SSSR count). The van der Waals surface area contributed by atoms with E-state index in [4.69, 9.17) is 11.6 Å². The summed E-state index contributed by atoms with van der Waals surface area (Å²) in [5, 5.41) is 5.93. The van der Waals surface area contributed by atoms with Gasteiger partial charge in [0.15, 0.2) is 6.04 Å². The van der Waals surface area contributed by atoms with E-state index in [1.54, 1.807) is 0 Å². The van der Waals surface area contributed by atoms with Crippen molar-refractivity contribution < 1.29 is 10.1 Å². The Morgan fingerprint density at radius 3 is 2.29 bits per heavy atom. The number of rotatable bonds is 6. The number of hydrogen-bond donors (Lipinski definition) is 2. The molecule has 4 heteroatoms. The molecule has 2 atom stereocenters. The van der Waals surface area contributed by atoms with Gasteiger partial charge < -0.3 is 10.6 Å². The lowest BCUT2D eigenvalue weighted by atomic mass is 10.0. The van der Waals surface area contributed by atoms with Gasteiger partial charge in [-0.25, -0.2) is 0 Å². The number of aryl methyl sites for hydroxylation is 2. The second kappa shape index (κ2) is 9.05. The summed E-state index contributed by atoms with van der Waals surface area (Å²) in [6.07, 6.45) is 0. The molecule has 144 valence electrons. The maximum absolute atomic E-state index is 13.2. The molecule has 1 amide bonds. The van der Waals surface area contributed by atoms with Crippen LogP contribution in [0.5, 0.6) is 0 Å². The van der Waals surface area contributed by atoms with Crippen molar-refractivity contribution in [1.82, 2.24) is 0 Å². The van der Waals surface area contributed by atoms with Crippen LogP contribution in [0.1, 0.15) is 41.3 Å². The van der Waals surface area contributed by atoms with Crippen LogP contribution >= 0.6 is 11.6 Å². The Morgan fingerprint density at radius 2 is 1.61 bits per heavy atom. The van der Waals surface area contributed by atoms with Gasteiger partial charge in [-0.05, 0) is 50.1 Å². The monoisotopic (exact) mass is 393 g/mol. The van der Waals surface area contributed by atoms with Crippen LogP contribution in [-0.2, 0) is 4.79 Å². The number of benzene rings is 3. The fraction of sp³-hybridized carbons (Fsp3) is 0.208. The molecule has 0 aliphatic rings. The molecule has 0 fully saturated rings. The number of hydrogen-bond acceptors (Lipinski definition) is 1. The van der Waals surface area contributed by atoms with E-state index in [-0.39, 0.29) is 18.0 Å². The zero-order valence-electron chi connectivity index (χ0n) is 16.4. The number of nitrogens with two attached hydrogens (primary N) is 1. The van der Waals surface area contributed by atoms with Gasteiger partial charge in [0.25, 0.3) is 5.91 Å². The predicted octanol–water partition coefficient (Wildman–Crippen LogP) is 4.96. The van der Waals surface area contributed by atoms with Gasteiger partial charge in [-0.3, -0.25) is 4.79 Å². The molecule has 3 aromatic carbocycles. The highest BCUT2D eigenvalue weighted by Crippen LogP contribution is 2.20. The number of nitrogens with one attached hydrogen (secondary N) is 1. The van der Waals surface area contributed by atoms with Crippen LogP contribution < -0.4 is 10.6 Å². The van der Waals surface area contributed by atoms with Gasteiger partial charge >= 0.3 is 0 Å². The Morgan fingerprint density at radius 1 is 0.929 bits per heavy atom. The summed E-state index contributed by atoms with van der Waals surface area (Å²) < 4.78 is 0. The highest BCUT2D eigenvalue weighted by atomic mass is 35.5. The fourth-order valence-corrected chi connectivity index (χ4v) is 3.38. The number of carbonyl (C=O) groups excluding carboxylic acids is 1. The number of carbonyl (C=O) groups is 1. The topological polar surface area (TPSA) is 45.7 Å². The van der Waals surface area contributed by atoms with Gasteiger partial charge in [-0.15, -0.1) is 0 Å². The molecule has 28 heavy (non-hydrogen) atoms. The van der Waals surface area contributed by atoms with Gasteiger partial charge in [0.1, 0.15) is 6.04 Å². The summed E-state index contributed by atoms with van der Waals surface area (Å²) in [7, 11) is 0. The Hall–Kier alpha value is -2.62. The first-order valence-electron chi connectivity index (χ1n) is 9.47. The average molecular weight is 394 g/mol. The third kappa shape index (κ3) is 5.00. The lowest BCUT2D eigenvalue weighted by Gasteiger charge is -2.21. The van der Waals surface area contributed by atoms with Crippen LogP contribution in [0.25, 0.3) is 0 Å². The summed E-state index contributed by atoms with van der Waals surface area (Å²) in [5.74, 6) is -0.0271. The lowest BCUT2D eigenvalue weighted by molar-refractivity contribution is -0.718. The Balaban J connectivity index is 1.85. The second-order valence-corrected chi connectivity index (χ2v) is 7.67. The first-order valence-corrected chi connectivity index (χ1v) is 9.85. The zero-order chi connectivity index (χ0) is 20.1. The molecule has 0 aliphatic heterocycles. The van der Waals surface area contributed by atoms with Crippen LogP contribution in [0.4, 0.5) is 5.69 Å². The minimum atomic E-state index is -0.355. The first kappa shape index (κ1) is 20.1. The molecule has 0 spiro atoms. The van der Waals surface area contributed by atoms with E-state index in [0.717, 1.165) is 27.9 Å². The lowest BCUT2D eigenvalue weighted by Crippen LogP contribution is -2.87. The van der Waals surface area contributed by atoms with Crippen molar-refractivity contribution in [1.29, 1.82) is 0 Å². The maximum atomic E-state index is 13.2. The highest BCUT2D eigenvalue weighted by Gasteiger charge is 2.27. The first-order chi connectivity index (χ1) is 13.4. The summed E-state index contributed by atoms with van der Waals surface area (Å²) >= 11 is 6.01. The molecule has 3 N–H and O–H groups in total. The van der Waals surface area contributed by atoms with Crippen LogP contribution in [0, 0.1) is 13.8 Å². The molecule has 0 saturated heterocycles. The van der Waals surface area contributed by atoms with Crippen LogP contribution in [0.3, 0.4) is 0 Å². The van der Waals surface area contributed by atoms with Crippen molar-refractivity contribution in [2.45, 2.75) is 32.9 Å². The fourth-order valence-electron chi connectivity index (χ4n) is 3.26. The molecule has 0 saturated carbocycles. The van der Waals surface area contributed by atoms with Crippen molar-refractivity contribution in [3.8, 4) is 0 Å². The van der Waals surface area contributed by atoms with Gasteiger partial charge in [-0.2, -0.15) is 0 Å². The van der Waals surface area contributed by atoms with E-state index < -0.39 is 0 Å². The largest absolute Gasteiger partial charge is 0.326 e. The van der Waals surface area contributed by atoms with Crippen LogP contribution in [-0.4, -0.2) is 5.91 Å². The van der Waals surface area contributed by atoms with Gasteiger partial charge in [0, 0.05) is 21.8 Å². The summed E-state index contributed by atoms with van der Waals surface area (Å²) in [4.78, 5) is 13.2. The van der Waals surface area contributed by atoms with Crippen molar-refractivity contribution in [2.75, 3.05) is 5.32 Å². The third-order valence-corrected chi connectivity index (χ3v) is 5.22. The van der Waals surface area contributed by atoms with E-state index in [1.165, 1.54) is 0 Å². The minimum absolute atomic E-state index is 0.0271. The molecule has 3 nitrogen and oxygen atoms in total. The Labute approximate surface area is 171 Å². The number of halogens is 1. The van der Waals surface area contributed by atoms with Gasteiger partial charge in [0.05, 0.1) is 0 Å². The maximum Gasteiger partial charge on any atom is 0.287 e. The van der Waals surface area contributed by atoms with Crippen molar-refractivity contribution >= 4 is 23.2 Å². The number of amides is 1. The van der Waals surface area contributed by atoms with E-state index in [2.05, 4.69) is 23.6 Å². The van der Waals surface area contributed by atoms with E-state index in [0.29, 0.717) is 5.02 Å². The number of anilines is 1. The van der Waals surface area contributed by atoms with E-state index >= 15 is 0 Å². The third-order valence-electron chi connectivity index (χ3n) is 4.97. The van der Waals surface area contributed by atoms with Crippen molar-refractivity contribution in [3.05, 3.63) is 100 Å². The molecular weight excluding hydrogens is 368 g/mol. The quantitative estimate of drug-likeness (QED) is 0.610. The zero-order valence-corrected chi connectivity index (χ0v) is 17.2. The van der Waals surface area contributed by atoms with E-state index in [9.17, 15) is 4.79 Å². The van der Waals surface area contributed by atoms with Gasteiger partial charge in [0.2, 0.25) is 0 Å². The predicted molar refractivity (Wildman–Crippen MR) is 116 cm³/mol. The standard InChI is InChI=1S/C24H25ClN2O/c1-16-9-10-17(2)22(15-16)27-24(28)23(20-7-5-4-6-8-20)26-18(3)19-11-13-21(25)14-12-19/h4-15,18,23,26H,1-3H3,(H,27,28)/p+1/t18-,23-/m1/s1. The SMILES string of the molecule is Cc1ccc(C)c(NC(=O)[C@H]([NH2+][C@H](C)c2ccc(Cl)cc2)c2ccccc2)c1. The molecule has 0 aliphatic carbocycles. The molecule has 0 bridgehead atoms. The average Bonchev–Trinajstić information content (AvgIpc) is 2.70. The Kier molecular flexibility index (Phi) is 6.50. The minimum Gasteiger partial charge on any atom is -0.326 e. The highest BCUT2D eigenvalue weighted by molar-refractivity contribution is 6.30. The van der Waals surface area contributed by atoms with Crippen molar-refractivity contribution in [2.24, 2.45) is 0 Å². The van der Waals surface area contributed by atoms with Crippen LogP contribution in [0.15, 0.2) is 72.8 Å². The second-order valence-electron chi connectivity index (χ2n) is 7.23. The number of quaternary nitrogens is 1. The molecule has 0 unspecified atom stereocenters.